The van der Waals surface area contributed by atoms with Crippen LogP contribution in [-0.2, 0) is 5.41 Å². The van der Waals surface area contributed by atoms with E-state index in [0.717, 1.165) is 0 Å². The summed E-state index contributed by atoms with van der Waals surface area (Å²) < 4.78 is 0. The Kier molecular flexibility index (Phi) is 10.7. The van der Waals surface area contributed by atoms with Crippen LogP contribution in [0.1, 0.15) is 47.1 Å². The molecule has 0 spiro atoms. The number of azide groups is 1. The van der Waals surface area contributed by atoms with Gasteiger partial charge in [-0.25, -0.2) is 0 Å². The molecule has 0 heterocycles. The van der Waals surface area contributed by atoms with E-state index in [1.54, 1.807) is 0 Å². The first-order chi connectivity index (χ1) is 9.08. The average molecular weight is 278 g/mol. The molecule has 1 N–H and O–H groups in total. The molecule has 0 amide bonds. The van der Waals surface area contributed by atoms with Crippen LogP contribution in [-0.4, -0.2) is 19.6 Å². The van der Waals surface area contributed by atoms with Crippen LogP contribution >= 0.6 is 0 Å². The summed E-state index contributed by atoms with van der Waals surface area (Å²) in [4.78, 5) is 2.36. The molecule has 4 nitrogen and oxygen atoms in total. The van der Waals surface area contributed by atoms with Crippen LogP contribution in [0.3, 0.4) is 0 Å². The van der Waals surface area contributed by atoms with Crippen molar-refractivity contribution in [1.82, 2.24) is 5.32 Å². The van der Waals surface area contributed by atoms with Gasteiger partial charge in [0.05, 0.1) is 0 Å². The van der Waals surface area contributed by atoms with Crippen LogP contribution in [0.4, 0.5) is 0 Å². The topological polar surface area (TPSA) is 60.8 Å². The Labute approximate surface area is 124 Å². The third-order valence-electron chi connectivity index (χ3n) is 2.48. The van der Waals surface area contributed by atoms with E-state index < -0.39 is 0 Å². The minimum absolute atomic E-state index is 0.292. The summed E-state index contributed by atoms with van der Waals surface area (Å²) in [5, 5.41) is 6.02. The Bertz CT molecular complexity index is 379. The molecule has 1 rings (SSSR count). The summed E-state index contributed by atoms with van der Waals surface area (Å²) in [6.45, 7) is 13.1. The maximum Gasteiger partial charge on any atom is 0.0139 e. The highest BCUT2D eigenvalue weighted by Crippen LogP contribution is 2.20. The van der Waals surface area contributed by atoms with Gasteiger partial charge in [-0.2, -0.15) is 0 Å². The van der Waals surface area contributed by atoms with Crippen molar-refractivity contribution in [3.05, 3.63) is 46.3 Å². The van der Waals surface area contributed by atoms with Gasteiger partial charge in [0.1, 0.15) is 0 Å². The van der Waals surface area contributed by atoms with Crippen molar-refractivity contribution >= 4 is 0 Å². The third kappa shape index (κ3) is 14.6. The molecule has 0 aliphatic carbocycles. The van der Waals surface area contributed by atoms with E-state index in [4.69, 9.17) is 5.53 Å². The lowest BCUT2D eigenvalue weighted by Gasteiger charge is -2.18. The maximum atomic E-state index is 7.33. The van der Waals surface area contributed by atoms with Crippen molar-refractivity contribution in [2.75, 3.05) is 14.1 Å². The highest BCUT2D eigenvalue weighted by Gasteiger charge is 2.11. The third-order valence-corrected chi connectivity index (χ3v) is 2.48. The van der Waals surface area contributed by atoms with Crippen LogP contribution in [0.15, 0.2) is 35.4 Å². The van der Waals surface area contributed by atoms with Gasteiger partial charge < -0.3 is 5.32 Å². The number of hydrogen-bond acceptors (Lipinski definition) is 2. The van der Waals surface area contributed by atoms with Crippen molar-refractivity contribution in [3.8, 4) is 0 Å². The molecule has 0 aliphatic heterocycles. The van der Waals surface area contributed by atoms with Gasteiger partial charge in [-0.1, -0.05) is 56.2 Å². The molecule has 0 saturated heterocycles. The molecule has 114 valence electrons. The SMILES string of the molecule is CC(C)(C)c1ccccc1.CN=[N+]=[N-].CNC(C)(C)C. The Morgan fingerprint density at radius 1 is 1.00 bits per heavy atom. The number of benzene rings is 1. The molecule has 0 atom stereocenters. The molecule has 0 fully saturated rings. The summed E-state index contributed by atoms with van der Waals surface area (Å²) in [5.74, 6) is 0. The molecule has 0 unspecified atom stereocenters. The van der Waals surface area contributed by atoms with Crippen LogP contribution in [0, 0.1) is 0 Å². The quantitative estimate of drug-likeness (QED) is 0.409. The second-order valence-corrected chi connectivity index (χ2v) is 6.41. The first-order valence-corrected chi connectivity index (χ1v) is 6.76. The molecule has 1 aromatic carbocycles. The molecule has 1 aromatic rings. The summed E-state index contributed by atoms with van der Waals surface area (Å²) in [5.41, 5.74) is 9.32. The van der Waals surface area contributed by atoms with Gasteiger partial charge in [0.2, 0.25) is 0 Å². The monoisotopic (exact) mass is 278 g/mol. The number of nitrogens with one attached hydrogen (secondary N) is 1. The summed E-state index contributed by atoms with van der Waals surface area (Å²) >= 11 is 0. The fraction of sp³-hybridized carbons (Fsp3) is 0.625. The van der Waals surface area contributed by atoms with Gasteiger partial charge in [-0.05, 0) is 44.3 Å². The number of nitrogens with zero attached hydrogens (tertiary/aromatic N) is 3. The Morgan fingerprint density at radius 3 is 1.50 bits per heavy atom. The highest BCUT2D eigenvalue weighted by molar-refractivity contribution is 5.21. The lowest BCUT2D eigenvalue weighted by Crippen LogP contribution is -2.31. The number of hydrogen-bond donors (Lipinski definition) is 1. The van der Waals surface area contributed by atoms with Gasteiger partial charge in [0.15, 0.2) is 0 Å². The maximum absolute atomic E-state index is 7.33. The zero-order valence-corrected chi connectivity index (χ0v) is 14.2. The second-order valence-electron chi connectivity index (χ2n) is 6.41. The summed E-state index contributed by atoms with van der Waals surface area (Å²) in [6.07, 6.45) is 0. The molecule has 0 aromatic heterocycles. The average Bonchev–Trinajstić information content (AvgIpc) is 2.39. The number of rotatable bonds is 0. The molecule has 0 radical (unpaired) electrons. The first-order valence-electron chi connectivity index (χ1n) is 6.76. The Morgan fingerprint density at radius 2 is 1.35 bits per heavy atom. The fourth-order valence-corrected chi connectivity index (χ4v) is 0.938. The second kappa shape index (κ2) is 10.3. The van der Waals surface area contributed by atoms with Gasteiger partial charge >= 0.3 is 0 Å². The lowest BCUT2D eigenvalue weighted by molar-refractivity contribution is 0.469. The van der Waals surface area contributed by atoms with Crippen molar-refractivity contribution < 1.29 is 0 Å². The molecular formula is C16H30N4. The van der Waals surface area contributed by atoms with E-state index in [9.17, 15) is 0 Å². The van der Waals surface area contributed by atoms with Gasteiger partial charge in [-0.3, -0.25) is 0 Å². The minimum atomic E-state index is 0.292. The van der Waals surface area contributed by atoms with E-state index in [-0.39, 0.29) is 0 Å². The van der Waals surface area contributed by atoms with E-state index in [1.165, 1.54) is 12.6 Å². The predicted octanol–water partition coefficient (Wildman–Crippen LogP) is 4.91. The molecule has 0 bridgehead atoms. The van der Waals surface area contributed by atoms with E-state index in [2.05, 4.69) is 87.2 Å². The van der Waals surface area contributed by atoms with Crippen LogP contribution in [0.5, 0.6) is 0 Å². The fourth-order valence-electron chi connectivity index (χ4n) is 0.938. The zero-order chi connectivity index (χ0) is 16.2. The summed E-state index contributed by atoms with van der Waals surface area (Å²) in [6, 6.07) is 10.6. The predicted molar refractivity (Wildman–Crippen MR) is 89.0 cm³/mol. The smallest absolute Gasteiger partial charge is 0.0139 e. The normalized spacial score (nSPS) is 10.2. The lowest BCUT2D eigenvalue weighted by atomic mass is 9.87. The van der Waals surface area contributed by atoms with Crippen LogP contribution < -0.4 is 5.32 Å². The van der Waals surface area contributed by atoms with Crippen molar-refractivity contribution in [3.63, 3.8) is 0 Å². The molecule has 20 heavy (non-hydrogen) atoms. The standard InChI is InChI=1S/C10H14.C5H13N.CH3N3/c1-10(2,3)9-7-5-4-6-8-9;1-5(2,3)6-4;1-3-4-2/h4-8H,1-3H3;6H,1-4H3;1H3. The van der Waals surface area contributed by atoms with Crippen molar-refractivity contribution in [2.24, 2.45) is 5.11 Å². The Hall–Kier alpha value is -1.51. The highest BCUT2D eigenvalue weighted by atomic mass is 15.1. The van der Waals surface area contributed by atoms with E-state index in [1.807, 2.05) is 7.05 Å². The first kappa shape index (κ1) is 20.8. The van der Waals surface area contributed by atoms with E-state index in [0.29, 0.717) is 11.0 Å². The van der Waals surface area contributed by atoms with Crippen molar-refractivity contribution in [1.29, 1.82) is 0 Å². The van der Waals surface area contributed by atoms with Crippen LogP contribution in [0.25, 0.3) is 10.4 Å². The Balaban J connectivity index is 0. The zero-order valence-electron chi connectivity index (χ0n) is 14.2. The van der Waals surface area contributed by atoms with Gasteiger partial charge in [-0.15, -0.1) is 0 Å². The molecule has 4 heteroatoms. The molecule has 0 saturated carbocycles. The molecule has 0 aliphatic rings. The van der Waals surface area contributed by atoms with Crippen LogP contribution in [0.2, 0.25) is 0 Å². The van der Waals surface area contributed by atoms with Gasteiger partial charge in [0, 0.05) is 17.5 Å². The van der Waals surface area contributed by atoms with Gasteiger partial charge in [0.25, 0.3) is 0 Å². The summed E-state index contributed by atoms with van der Waals surface area (Å²) in [7, 11) is 3.35. The minimum Gasteiger partial charge on any atom is -0.315 e. The van der Waals surface area contributed by atoms with Crippen molar-refractivity contribution in [2.45, 2.75) is 52.5 Å². The van der Waals surface area contributed by atoms with E-state index >= 15 is 0 Å². The largest absolute Gasteiger partial charge is 0.315 e. The molecular weight excluding hydrogens is 248 g/mol.